The molecule has 0 spiro atoms. The lowest BCUT2D eigenvalue weighted by molar-refractivity contribution is -0.135. The molecule has 3 aromatic rings. The number of amides is 2. The summed E-state index contributed by atoms with van der Waals surface area (Å²) < 4.78 is 23.5. The maximum absolute atomic E-state index is 12.9. The summed E-state index contributed by atoms with van der Waals surface area (Å²) >= 11 is 6.20. The van der Waals surface area contributed by atoms with Gasteiger partial charge < -0.3 is 19.4 Å². The lowest BCUT2D eigenvalue weighted by Gasteiger charge is -2.17. The molecule has 0 saturated carbocycles. The van der Waals surface area contributed by atoms with E-state index in [9.17, 15) is 18.8 Å². The number of aryl methyl sites for hydroxylation is 1. The molecule has 2 aromatic carbocycles. The Morgan fingerprint density at radius 3 is 2.60 bits per heavy atom. The Morgan fingerprint density at radius 1 is 1.20 bits per heavy atom. The van der Waals surface area contributed by atoms with Crippen molar-refractivity contribution in [2.45, 2.75) is 6.92 Å². The van der Waals surface area contributed by atoms with Crippen molar-refractivity contribution in [1.29, 1.82) is 0 Å². The maximum atomic E-state index is 12.9. The number of rotatable bonds is 6. The van der Waals surface area contributed by atoms with Crippen LogP contribution in [0.3, 0.4) is 0 Å². The van der Waals surface area contributed by atoms with E-state index in [1.54, 1.807) is 13.0 Å². The lowest BCUT2D eigenvalue weighted by atomic mass is 10.1. The minimum absolute atomic E-state index is 0.176. The molecular formula is C21H18ClFN2O5. The Kier molecular flexibility index (Phi) is 6.37. The Labute approximate surface area is 176 Å². The Morgan fingerprint density at radius 2 is 1.90 bits per heavy atom. The molecule has 156 valence electrons. The van der Waals surface area contributed by atoms with Gasteiger partial charge in [0.15, 0.2) is 6.61 Å². The minimum atomic E-state index is -0.503. The SMILES string of the molecule is Cc1cc(=O)oc2cc(OCC(=O)N(C)CC(=O)Nc3ccc(F)cc3)c(Cl)cc12. The van der Waals surface area contributed by atoms with Gasteiger partial charge in [-0.15, -0.1) is 0 Å². The third-order valence-electron chi connectivity index (χ3n) is 4.29. The van der Waals surface area contributed by atoms with Crippen LogP contribution in [0.25, 0.3) is 11.0 Å². The normalized spacial score (nSPS) is 10.7. The van der Waals surface area contributed by atoms with Crippen LogP contribution in [0, 0.1) is 12.7 Å². The predicted molar refractivity (Wildman–Crippen MR) is 110 cm³/mol. The number of benzene rings is 2. The maximum Gasteiger partial charge on any atom is 0.336 e. The summed E-state index contributed by atoms with van der Waals surface area (Å²) in [5.74, 6) is -1.15. The fourth-order valence-electron chi connectivity index (χ4n) is 2.72. The average molecular weight is 433 g/mol. The Balaban J connectivity index is 1.60. The van der Waals surface area contributed by atoms with Crippen LogP contribution in [-0.4, -0.2) is 36.9 Å². The number of ether oxygens (including phenoxy) is 1. The molecule has 0 unspecified atom stereocenters. The number of likely N-dealkylation sites (N-methyl/N-ethyl adjacent to an activating group) is 1. The molecule has 0 atom stereocenters. The zero-order valence-electron chi connectivity index (χ0n) is 16.2. The molecule has 0 radical (unpaired) electrons. The number of halogens is 2. The number of anilines is 1. The monoisotopic (exact) mass is 432 g/mol. The molecule has 1 N–H and O–H groups in total. The van der Waals surface area contributed by atoms with Crippen LogP contribution >= 0.6 is 11.6 Å². The number of hydrogen-bond donors (Lipinski definition) is 1. The van der Waals surface area contributed by atoms with Crippen LogP contribution in [0.4, 0.5) is 10.1 Å². The van der Waals surface area contributed by atoms with Crippen molar-refractivity contribution in [2.75, 3.05) is 25.5 Å². The van der Waals surface area contributed by atoms with Crippen LogP contribution < -0.4 is 15.7 Å². The number of nitrogens with zero attached hydrogens (tertiary/aromatic N) is 1. The molecule has 2 amide bonds. The van der Waals surface area contributed by atoms with E-state index in [0.717, 1.165) is 0 Å². The standard InChI is InChI=1S/C21H18ClFN2O5/c1-12-7-21(28)30-17-9-18(16(22)8-15(12)17)29-11-20(27)25(2)10-19(26)24-14-5-3-13(23)4-6-14/h3-9H,10-11H2,1-2H3,(H,24,26). The molecule has 0 aliphatic rings. The van der Waals surface area contributed by atoms with Crippen molar-refractivity contribution >= 4 is 40.1 Å². The second kappa shape index (κ2) is 8.96. The summed E-state index contributed by atoms with van der Waals surface area (Å²) in [6.45, 7) is 1.16. The van der Waals surface area contributed by atoms with E-state index in [-0.39, 0.29) is 23.9 Å². The molecule has 7 nitrogen and oxygen atoms in total. The summed E-state index contributed by atoms with van der Waals surface area (Å²) in [6, 6.07) is 9.66. The van der Waals surface area contributed by atoms with Gasteiger partial charge in [0, 0.05) is 30.3 Å². The van der Waals surface area contributed by atoms with Gasteiger partial charge >= 0.3 is 5.63 Å². The first-order valence-corrected chi connectivity index (χ1v) is 9.27. The molecular weight excluding hydrogens is 415 g/mol. The largest absolute Gasteiger partial charge is 0.482 e. The highest BCUT2D eigenvalue weighted by Crippen LogP contribution is 2.31. The van der Waals surface area contributed by atoms with Gasteiger partial charge in [0.25, 0.3) is 5.91 Å². The molecule has 0 aliphatic heterocycles. The first-order chi connectivity index (χ1) is 14.2. The van der Waals surface area contributed by atoms with E-state index in [4.69, 9.17) is 20.8 Å². The Bertz CT molecular complexity index is 1160. The van der Waals surface area contributed by atoms with Crippen LogP contribution in [0.2, 0.25) is 5.02 Å². The summed E-state index contributed by atoms with van der Waals surface area (Å²) in [6.07, 6.45) is 0. The summed E-state index contributed by atoms with van der Waals surface area (Å²) in [5, 5.41) is 3.48. The lowest BCUT2D eigenvalue weighted by Crippen LogP contribution is -2.37. The number of carbonyl (C=O) groups excluding carboxylic acids is 2. The molecule has 30 heavy (non-hydrogen) atoms. The molecule has 9 heteroatoms. The van der Waals surface area contributed by atoms with Gasteiger partial charge in [0.05, 0.1) is 11.6 Å². The van der Waals surface area contributed by atoms with E-state index in [1.165, 1.54) is 48.3 Å². The predicted octanol–water partition coefficient (Wildman–Crippen LogP) is 3.37. The number of carbonyl (C=O) groups is 2. The van der Waals surface area contributed by atoms with Gasteiger partial charge in [-0.1, -0.05) is 11.6 Å². The van der Waals surface area contributed by atoms with Crippen molar-refractivity contribution in [3.63, 3.8) is 0 Å². The summed E-state index contributed by atoms with van der Waals surface area (Å²) in [4.78, 5) is 37.1. The van der Waals surface area contributed by atoms with Crippen molar-refractivity contribution in [2.24, 2.45) is 0 Å². The van der Waals surface area contributed by atoms with Crippen LogP contribution in [0.1, 0.15) is 5.56 Å². The minimum Gasteiger partial charge on any atom is -0.482 e. The van der Waals surface area contributed by atoms with Crippen molar-refractivity contribution < 1.29 is 23.1 Å². The molecule has 1 heterocycles. The fourth-order valence-corrected chi connectivity index (χ4v) is 2.94. The second-order valence-electron chi connectivity index (χ2n) is 6.62. The highest BCUT2D eigenvalue weighted by Gasteiger charge is 2.16. The van der Waals surface area contributed by atoms with E-state index in [2.05, 4.69) is 5.32 Å². The second-order valence-corrected chi connectivity index (χ2v) is 7.03. The average Bonchev–Trinajstić information content (AvgIpc) is 2.68. The molecule has 3 rings (SSSR count). The highest BCUT2D eigenvalue weighted by atomic mass is 35.5. The van der Waals surface area contributed by atoms with E-state index < -0.39 is 23.3 Å². The molecule has 1 aromatic heterocycles. The zero-order valence-corrected chi connectivity index (χ0v) is 17.0. The molecule has 0 saturated heterocycles. The quantitative estimate of drug-likeness (QED) is 0.603. The van der Waals surface area contributed by atoms with Crippen molar-refractivity contribution in [3.8, 4) is 5.75 Å². The van der Waals surface area contributed by atoms with Gasteiger partial charge in [-0.3, -0.25) is 9.59 Å². The third kappa shape index (κ3) is 5.15. The van der Waals surface area contributed by atoms with Gasteiger partial charge in [-0.25, -0.2) is 9.18 Å². The van der Waals surface area contributed by atoms with Gasteiger partial charge in [0.2, 0.25) is 5.91 Å². The van der Waals surface area contributed by atoms with E-state index >= 15 is 0 Å². The van der Waals surface area contributed by atoms with E-state index in [0.29, 0.717) is 22.2 Å². The topological polar surface area (TPSA) is 88.8 Å². The van der Waals surface area contributed by atoms with Gasteiger partial charge in [-0.05, 0) is 42.8 Å². The van der Waals surface area contributed by atoms with Gasteiger partial charge in [0.1, 0.15) is 17.1 Å². The van der Waals surface area contributed by atoms with Crippen molar-refractivity contribution in [1.82, 2.24) is 4.90 Å². The molecule has 0 fully saturated rings. The Hall–Kier alpha value is -3.39. The molecule has 0 bridgehead atoms. The first-order valence-electron chi connectivity index (χ1n) is 8.89. The summed E-state index contributed by atoms with van der Waals surface area (Å²) in [5.41, 5.74) is 0.908. The number of hydrogen-bond acceptors (Lipinski definition) is 5. The van der Waals surface area contributed by atoms with Crippen LogP contribution in [0.15, 0.2) is 51.7 Å². The van der Waals surface area contributed by atoms with Gasteiger partial charge in [-0.2, -0.15) is 0 Å². The smallest absolute Gasteiger partial charge is 0.336 e. The number of nitrogens with one attached hydrogen (secondary N) is 1. The van der Waals surface area contributed by atoms with Crippen LogP contribution in [0.5, 0.6) is 5.75 Å². The zero-order chi connectivity index (χ0) is 21.8. The van der Waals surface area contributed by atoms with E-state index in [1.807, 2.05) is 0 Å². The first kappa shape index (κ1) is 21.3. The fraction of sp³-hybridized carbons (Fsp3) is 0.190. The number of fused-ring (bicyclic) bond motifs is 1. The third-order valence-corrected chi connectivity index (χ3v) is 4.58. The van der Waals surface area contributed by atoms with Crippen molar-refractivity contribution in [3.05, 3.63) is 69.3 Å². The summed E-state index contributed by atoms with van der Waals surface area (Å²) in [7, 11) is 1.44. The molecule has 0 aliphatic carbocycles. The van der Waals surface area contributed by atoms with Crippen LogP contribution in [-0.2, 0) is 9.59 Å². The highest BCUT2D eigenvalue weighted by molar-refractivity contribution is 6.32.